The zero-order chi connectivity index (χ0) is 14.0. The second kappa shape index (κ2) is 5.25. The van der Waals surface area contributed by atoms with Crippen molar-refractivity contribution in [2.45, 2.75) is 6.18 Å². The van der Waals surface area contributed by atoms with Crippen molar-refractivity contribution in [3.63, 3.8) is 0 Å². The van der Waals surface area contributed by atoms with E-state index < -0.39 is 11.7 Å². The standard InChI is InChI=1S/C9H6ClF3N4OS/c10-5-1-4(9(11,12)13)2-14-7(5)16-17-8-15-6(18)3-19-8/h1-2H,3H2,(H,14,16)(H,15,17,18). The molecule has 0 bridgehead atoms. The third-order valence-electron chi connectivity index (χ3n) is 2.02. The lowest BCUT2D eigenvalue weighted by Gasteiger charge is -2.08. The molecule has 1 amide bonds. The van der Waals surface area contributed by atoms with Crippen LogP contribution in [0.2, 0.25) is 5.02 Å². The lowest BCUT2D eigenvalue weighted by atomic mass is 10.3. The molecule has 1 aliphatic rings. The van der Waals surface area contributed by atoms with E-state index in [1.165, 1.54) is 0 Å². The number of rotatable bonds is 2. The first-order valence-electron chi connectivity index (χ1n) is 4.85. The topological polar surface area (TPSA) is 66.4 Å². The number of anilines is 1. The molecule has 1 fully saturated rings. The number of nitrogens with one attached hydrogen (secondary N) is 2. The van der Waals surface area contributed by atoms with Gasteiger partial charge in [-0.05, 0) is 6.07 Å². The van der Waals surface area contributed by atoms with E-state index in [0.29, 0.717) is 11.4 Å². The summed E-state index contributed by atoms with van der Waals surface area (Å²) in [5.74, 6) is 0.0234. The van der Waals surface area contributed by atoms with Gasteiger partial charge in [-0.1, -0.05) is 23.4 Å². The molecule has 1 aromatic heterocycles. The van der Waals surface area contributed by atoms with Gasteiger partial charge in [0.25, 0.3) is 0 Å². The first kappa shape index (κ1) is 13.9. The Balaban J connectivity index is 2.12. The molecule has 5 nitrogen and oxygen atoms in total. The molecule has 1 aromatic rings. The number of carbonyl (C=O) groups excluding carboxylic acids is 1. The molecule has 102 valence electrons. The highest BCUT2D eigenvalue weighted by molar-refractivity contribution is 8.15. The second-order valence-corrected chi connectivity index (χ2v) is 4.79. The molecular formula is C9H6ClF3N4OS. The number of pyridine rings is 1. The zero-order valence-corrected chi connectivity index (χ0v) is 10.7. The van der Waals surface area contributed by atoms with Gasteiger partial charge in [-0.2, -0.15) is 13.2 Å². The van der Waals surface area contributed by atoms with E-state index >= 15 is 0 Å². The van der Waals surface area contributed by atoms with Gasteiger partial charge in [0.05, 0.1) is 16.3 Å². The third kappa shape index (κ3) is 3.51. The minimum Gasteiger partial charge on any atom is -0.303 e. The van der Waals surface area contributed by atoms with Crippen molar-refractivity contribution in [3.05, 3.63) is 22.8 Å². The highest BCUT2D eigenvalue weighted by Crippen LogP contribution is 2.32. The molecule has 0 spiro atoms. The summed E-state index contributed by atoms with van der Waals surface area (Å²) in [6.45, 7) is 0. The van der Waals surface area contributed by atoms with Crippen LogP contribution in [0.15, 0.2) is 17.4 Å². The Bertz CT molecular complexity index is 549. The van der Waals surface area contributed by atoms with Gasteiger partial charge >= 0.3 is 6.18 Å². The van der Waals surface area contributed by atoms with E-state index in [9.17, 15) is 18.0 Å². The molecule has 10 heteroatoms. The van der Waals surface area contributed by atoms with Crippen LogP contribution in [0.5, 0.6) is 0 Å². The molecule has 2 rings (SSSR count). The highest BCUT2D eigenvalue weighted by atomic mass is 35.5. The van der Waals surface area contributed by atoms with Crippen LogP contribution in [-0.4, -0.2) is 21.8 Å². The number of alkyl halides is 3. The van der Waals surface area contributed by atoms with Crippen LogP contribution in [0, 0.1) is 0 Å². The first-order chi connectivity index (χ1) is 8.86. The maximum absolute atomic E-state index is 12.4. The lowest BCUT2D eigenvalue weighted by Crippen LogP contribution is -2.21. The summed E-state index contributed by atoms with van der Waals surface area (Å²) in [6.07, 6.45) is -3.86. The van der Waals surface area contributed by atoms with E-state index in [1.54, 1.807) is 0 Å². The molecular weight excluding hydrogens is 305 g/mol. The number of carbonyl (C=O) groups is 1. The molecule has 0 radical (unpaired) electrons. The summed E-state index contributed by atoms with van der Waals surface area (Å²) in [4.78, 5) is 14.4. The van der Waals surface area contributed by atoms with Crippen LogP contribution in [0.4, 0.5) is 19.0 Å². The van der Waals surface area contributed by atoms with Gasteiger partial charge in [-0.15, -0.1) is 5.10 Å². The van der Waals surface area contributed by atoms with E-state index in [0.717, 1.165) is 17.8 Å². The van der Waals surface area contributed by atoms with Crippen LogP contribution < -0.4 is 10.7 Å². The van der Waals surface area contributed by atoms with Crippen LogP contribution in [-0.2, 0) is 11.0 Å². The van der Waals surface area contributed by atoms with Gasteiger partial charge in [0.15, 0.2) is 11.0 Å². The minimum atomic E-state index is -4.50. The third-order valence-corrected chi connectivity index (χ3v) is 3.18. The molecule has 0 saturated carbocycles. The average Bonchev–Trinajstić information content (AvgIpc) is 2.72. The van der Waals surface area contributed by atoms with Crippen molar-refractivity contribution < 1.29 is 18.0 Å². The molecule has 0 aliphatic carbocycles. The van der Waals surface area contributed by atoms with Crippen molar-refractivity contribution in [1.29, 1.82) is 0 Å². The van der Waals surface area contributed by atoms with Gasteiger partial charge in [0.1, 0.15) is 0 Å². The van der Waals surface area contributed by atoms with Crippen molar-refractivity contribution in [2.75, 3.05) is 11.2 Å². The normalized spacial score (nSPS) is 17.7. The first-order valence-corrected chi connectivity index (χ1v) is 6.22. The van der Waals surface area contributed by atoms with E-state index in [1.807, 2.05) is 0 Å². The van der Waals surface area contributed by atoms with Crippen molar-refractivity contribution >= 4 is 40.3 Å². The van der Waals surface area contributed by atoms with Crippen LogP contribution in [0.25, 0.3) is 0 Å². The fraction of sp³-hybridized carbons (Fsp3) is 0.222. The van der Waals surface area contributed by atoms with E-state index in [2.05, 4.69) is 20.8 Å². The SMILES string of the molecule is O=C1CS/C(=N\Nc2ncc(C(F)(F)F)cc2Cl)N1. The Morgan fingerprint density at radius 1 is 1.53 bits per heavy atom. The second-order valence-electron chi connectivity index (χ2n) is 3.42. The summed E-state index contributed by atoms with van der Waals surface area (Å²) in [6, 6.07) is 0.747. The van der Waals surface area contributed by atoms with E-state index in [-0.39, 0.29) is 22.5 Å². The smallest absolute Gasteiger partial charge is 0.303 e. The number of hydrogen-bond donors (Lipinski definition) is 2. The summed E-state index contributed by atoms with van der Waals surface area (Å²) in [5, 5.41) is 6.30. The van der Waals surface area contributed by atoms with Gasteiger partial charge in [0.2, 0.25) is 5.91 Å². The minimum absolute atomic E-state index is 0.0242. The predicted octanol–water partition coefficient (Wildman–Crippen LogP) is 2.30. The number of hydrogen-bond acceptors (Lipinski definition) is 5. The predicted molar refractivity (Wildman–Crippen MR) is 65.9 cm³/mol. The van der Waals surface area contributed by atoms with E-state index in [4.69, 9.17) is 11.6 Å². The number of aromatic nitrogens is 1. The number of amides is 1. The molecule has 1 saturated heterocycles. The number of hydrazone groups is 1. The maximum Gasteiger partial charge on any atom is 0.417 e. The molecule has 0 aromatic carbocycles. The number of amidine groups is 1. The Morgan fingerprint density at radius 2 is 2.26 bits per heavy atom. The summed E-state index contributed by atoms with van der Waals surface area (Å²) < 4.78 is 37.1. The Kier molecular flexibility index (Phi) is 3.85. The monoisotopic (exact) mass is 310 g/mol. The highest BCUT2D eigenvalue weighted by Gasteiger charge is 2.31. The van der Waals surface area contributed by atoms with Gasteiger partial charge in [-0.25, -0.2) is 4.98 Å². The van der Waals surface area contributed by atoms with Crippen molar-refractivity contribution in [2.24, 2.45) is 5.10 Å². The number of thioether (sulfide) groups is 1. The van der Waals surface area contributed by atoms with Gasteiger partial charge in [-0.3, -0.25) is 10.2 Å². The number of nitrogens with zero attached hydrogens (tertiary/aromatic N) is 2. The fourth-order valence-corrected chi connectivity index (χ4v) is 2.01. The van der Waals surface area contributed by atoms with Gasteiger partial charge in [0, 0.05) is 6.20 Å². The molecule has 0 unspecified atom stereocenters. The largest absolute Gasteiger partial charge is 0.417 e. The van der Waals surface area contributed by atoms with Gasteiger partial charge < -0.3 is 5.32 Å². The average molecular weight is 311 g/mol. The van der Waals surface area contributed by atoms with Crippen LogP contribution in [0.1, 0.15) is 5.56 Å². The fourth-order valence-electron chi connectivity index (χ4n) is 1.16. The summed E-state index contributed by atoms with van der Waals surface area (Å²) in [7, 11) is 0. The quantitative estimate of drug-likeness (QED) is 0.823. The number of halogens is 4. The Hall–Kier alpha value is -1.48. The summed E-state index contributed by atoms with van der Waals surface area (Å²) >= 11 is 6.82. The zero-order valence-electron chi connectivity index (χ0n) is 9.08. The molecule has 1 aliphatic heterocycles. The molecule has 19 heavy (non-hydrogen) atoms. The molecule has 2 heterocycles. The molecule has 2 N–H and O–H groups in total. The van der Waals surface area contributed by atoms with Crippen LogP contribution >= 0.6 is 23.4 Å². The molecule has 0 atom stereocenters. The maximum atomic E-state index is 12.4. The lowest BCUT2D eigenvalue weighted by molar-refractivity contribution is -0.137. The van der Waals surface area contributed by atoms with Crippen molar-refractivity contribution in [1.82, 2.24) is 10.3 Å². The summed E-state index contributed by atoms with van der Waals surface area (Å²) in [5.41, 5.74) is 1.45. The van der Waals surface area contributed by atoms with Crippen LogP contribution in [0.3, 0.4) is 0 Å². The van der Waals surface area contributed by atoms with Crippen molar-refractivity contribution in [3.8, 4) is 0 Å². The Morgan fingerprint density at radius 3 is 2.79 bits per heavy atom. The Labute approximate surface area is 114 Å².